The van der Waals surface area contributed by atoms with Gasteiger partial charge in [0.15, 0.2) is 0 Å². The van der Waals surface area contributed by atoms with Crippen LogP contribution in [0, 0.1) is 5.92 Å². The average Bonchev–Trinajstić information content (AvgIpc) is 2.76. The van der Waals surface area contributed by atoms with Crippen LogP contribution in [0.3, 0.4) is 0 Å². The molecule has 1 amide bonds. The molecule has 0 radical (unpaired) electrons. The van der Waals surface area contributed by atoms with E-state index in [9.17, 15) is 9.59 Å². The van der Waals surface area contributed by atoms with Crippen LogP contribution in [0.4, 0.5) is 0 Å². The molecule has 16 heavy (non-hydrogen) atoms. The molecule has 7 heteroatoms. The maximum Gasteiger partial charge on any atom is 0.303 e. The second-order valence-electron chi connectivity index (χ2n) is 3.53. The zero-order chi connectivity index (χ0) is 12.0. The highest BCUT2D eigenvalue weighted by atomic mass is 32.1. The van der Waals surface area contributed by atoms with Crippen LogP contribution in [0.15, 0.2) is 6.20 Å². The Bertz CT molecular complexity index is 353. The molecule has 6 nitrogen and oxygen atoms in total. The Morgan fingerprint density at radius 1 is 1.62 bits per heavy atom. The van der Waals surface area contributed by atoms with Gasteiger partial charge in [-0.15, -0.1) is 5.10 Å². The lowest BCUT2D eigenvalue weighted by atomic mass is 10.1. The van der Waals surface area contributed by atoms with Crippen molar-refractivity contribution in [3.63, 3.8) is 0 Å². The fourth-order valence-corrected chi connectivity index (χ4v) is 1.52. The van der Waals surface area contributed by atoms with Crippen molar-refractivity contribution >= 4 is 23.4 Å². The van der Waals surface area contributed by atoms with Gasteiger partial charge in [0, 0.05) is 13.0 Å². The summed E-state index contributed by atoms with van der Waals surface area (Å²) in [7, 11) is 0. The second kappa shape index (κ2) is 6.16. The van der Waals surface area contributed by atoms with Crippen molar-refractivity contribution < 1.29 is 14.7 Å². The van der Waals surface area contributed by atoms with Gasteiger partial charge in [-0.3, -0.25) is 9.59 Å². The monoisotopic (exact) mass is 243 g/mol. The Hall–Kier alpha value is -1.50. The molecule has 88 valence electrons. The van der Waals surface area contributed by atoms with E-state index in [1.165, 1.54) is 6.20 Å². The van der Waals surface area contributed by atoms with Gasteiger partial charge >= 0.3 is 5.97 Å². The van der Waals surface area contributed by atoms with Crippen molar-refractivity contribution in [3.05, 3.63) is 11.1 Å². The minimum atomic E-state index is -0.815. The molecule has 0 bridgehead atoms. The summed E-state index contributed by atoms with van der Waals surface area (Å²) in [5.74, 6) is -0.886. The van der Waals surface area contributed by atoms with Gasteiger partial charge in [0.1, 0.15) is 4.88 Å². The summed E-state index contributed by atoms with van der Waals surface area (Å²) >= 11 is 1.03. The second-order valence-corrected chi connectivity index (χ2v) is 4.32. The molecular formula is C9H13N3O3S. The third-order valence-corrected chi connectivity index (χ3v) is 2.71. The average molecular weight is 243 g/mol. The van der Waals surface area contributed by atoms with Crippen molar-refractivity contribution in [2.45, 2.75) is 19.8 Å². The number of nitrogens with one attached hydrogen (secondary N) is 1. The highest BCUT2D eigenvalue weighted by Gasteiger charge is 2.10. The van der Waals surface area contributed by atoms with Crippen molar-refractivity contribution in [2.24, 2.45) is 5.92 Å². The highest BCUT2D eigenvalue weighted by molar-refractivity contribution is 7.07. The first-order valence-corrected chi connectivity index (χ1v) is 5.64. The number of aliphatic carboxylic acids is 1. The summed E-state index contributed by atoms with van der Waals surface area (Å²) in [6, 6.07) is 0. The van der Waals surface area contributed by atoms with E-state index in [1.807, 2.05) is 6.92 Å². The number of carboxylic acid groups (broad SMARTS) is 1. The van der Waals surface area contributed by atoms with Gasteiger partial charge in [0.05, 0.1) is 6.20 Å². The van der Waals surface area contributed by atoms with Crippen LogP contribution < -0.4 is 5.32 Å². The molecule has 1 aromatic rings. The number of hydrogen-bond acceptors (Lipinski definition) is 5. The number of rotatable bonds is 6. The van der Waals surface area contributed by atoms with E-state index < -0.39 is 5.97 Å². The third kappa shape index (κ3) is 4.35. The Morgan fingerprint density at radius 3 is 2.94 bits per heavy atom. The van der Waals surface area contributed by atoms with Crippen molar-refractivity contribution in [1.29, 1.82) is 0 Å². The van der Waals surface area contributed by atoms with Gasteiger partial charge in [-0.25, -0.2) is 0 Å². The maximum atomic E-state index is 11.5. The van der Waals surface area contributed by atoms with E-state index in [0.29, 0.717) is 17.8 Å². The number of amides is 1. The topological polar surface area (TPSA) is 92.2 Å². The predicted octanol–water partition coefficient (Wildman–Crippen LogP) is 0.769. The Labute approximate surface area is 96.8 Å². The quantitative estimate of drug-likeness (QED) is 0.769. The van der Waals surface area contributed by atoms with Crippen LogP contribution in [0.1, 0.15) is 29.4 Å². The molecular weight excluding hydrogens is 230 g/mol. The first-order valence-electron chi connectivity index (χ1n) is 4.87. The largest absolute Gasteiger partial charge is 0.481 e. The van der Waals surface area contributed by atoms with Crippen LogP contribution in [0.25, 0.3) is 0 Å². The molecule has 0 fully saturated rings. The minimum absolute atomic E-state index is 0.124. The molecule has 0 spiro atoms. The first-order chi connectivity index (χ1) is 7.59. The molecule has 2 N–H and O–H groups in total. The molecule has 0 aliphatic heterocycles. The predicted molar refractivity (Wildman–Crippen MR) is 58.3 cm³/mol. The van der Waals surface area contributed by atoms with Gasteiger partial charge in [-0.2, -0.15) is 0 Å². The smallest absolute Gasteiger partial charge is 0.303 e. The Morgan fingerprint density at radius 2 is 2.38 bits per heavy atom. The summed E-state index contributed by atoms with van der Waals surface area (Å²) in [5, 5.41) is 14.8. The van der Waals surface area contributed by atoms with Gasteiger partial charge in [0.25, 0.3) is 5.91 Å². The number of aromatic nitrogens is 2. The molecule has 1 heterocycles. The van der Waals surface area contributed by atoms with E-state index in [4.69, 9.17) is 5.11 Å². The molecule has 1 aromatic heterocycles. The number of hydrogen-bond donors (Lipinski definition) is 2. The molecule has 1 rings (SSSR count). The number of carbonyl (C=O) groups is 2. The number of nitrogens with zero attached hydrogens (tertiary/aromatic N) is 2. The summed E-state index contributed by atoms with van der Waals surface area (Å²) in [6.07, 6.45) is 2.08. The van der Waals surface area contributed by atoms with E-state index in [0.717, 1.165) is 11.5 Å². The van der Waals surface area contributed by atoms with E-state index in [-0.39, 0.29) is 18.2 Å². The van der Waals surface area contributed by atoms with Crippen LogP contribution >= 0.6 is 11.5 Å². The molecule has 0 saturated heterocycles. The first kappa shape index (κ1) is 12.6. The molecule has 1 atom stereocenters. The van der Waals surface area contributed by atoms with Crippen molar-refractivity contribution in [1.82, 2.24) is 14.9 Å². The minimum Gasteiger partial charge on any atom is -0.481 e. The standard InChI is InChI=1S/C9H13N3O3S/c1-6(2-3-8(13)14)4-10-9(15)7-5-11-12-16-7/h5-6H,2-4H2,1H3,(H,10,15)(H,13,14). The summed E-state index contributed by atoms with van der Waals surface area (Å²) in [6.45, 7) is 2.36. The lowest BCUT2D eigenvalue weighted by molar-refractivity contribution is -0.137. The molecule has 0 aliphatic rings. The number of carboxylic acids is 1. The normalized spacial score (nSPS) is 12.1. The summed E-state index contributed by atoms with van der Waals surface area (Å²) < 4.78 is 3.58. The lowest BCUT2D eigenvalue weighted by Crippen LogP contribution is -2.27. The van der Waals surface area contributed by atoms with E-state index >= 15 is 0 Å². The van der Waals surface area contributed by atoms with Crippen molar-refractivity contribution in [2.75, 3.05) is 6.54 Å². The Balaban J connectivity index is 2.24. The van der Waals surface area contributed by atoms with E-state index in [2.05, 4.69) is 14.9 Å². The van der Waals surface area contributed by atoms with Gasteiger partial charge in [0.2, 0.25) is 0 Å². The molecule has 1 unspecified atom stereocenters. The highest BCUT2D eigenvalue weighted by Crippen LogP contribution is 2.05. The lowest BCUT2D eigenvalue weighted by Gasteiger charge is -2.10. The van der Waals surface area contributed by atoms with Crippen LogP contribution in [0.2, 0.25) is 0 Å². The van der Waals surface area contributed by atoms with Crippen LogP contribution in [-0.2, 0) is 4.79 Å². The zero-order valence-corrected chi connectivity index (χ0v) is 9.66. The fourth-order valence-electron chi connectivity index (χ4n) is 1.09. The van der Waals surface area contributed by atoms with Gasteiger partial charge in [-0.05, 0) is 23.9 Å². The van der Waals surface area contributed by atoms with E-state index in [1.54, 1.807) is 0 Å². The fraction of sp³-hybridized carbons (Fsp3) is 0.556. The van der Waals surface area contributed by atoms with Gasteiger partial charge in [-0.1, -0.05) is 11.4 Å². The van der Waals surface area contributed by atoms with Crippen LogP contribution in [0.5, 0.6) is 0 Å². The maximum absolute atomic E-state index is 11.5. The summed E-state index contributed by atoms with van der Waals surface area (Å²) in [5.41, 5.74) is 0. The third-order valence-electron chi connectivity index (χ3n) is 2.05. The number of carbonyl (C=O) groups excluding carboxylic acids is 1. The Kier molecular flexibility index (Phi) is 4.84. The summed E-state index contributed by atoms with van der Waals surface area (Å²) in [4.78, 5) is 22.2. The van der Waals surface area contributed by atoms with Crippen LogP contribution in [-0.4, -0.2) is 33.1 Å². The molecule has 0 saturated carbocycles. The molecule has 0 aliphatic carbocycles. The SMILES string of the molecule is CC(CCC(=O)O)CNC(=O)c1cnns1. The van der Waals surface area contributed by atoms with Gasteiger partial charge < -0.3 is 10.4 Å². The molecule has 0 aromatic carbocycles. The zero-order valence-electron chi connectivity index (χ0n) is 8.84. The van der Waals surface area contributed by atoms with Crippen molar-refractivity contribution in [3.8, 4) is 0 Å².